The van der Waals surface area contributed by atoms with Gasteiger partial charge in [-0.05, 0) is 43.7 Å². The highest BCUT2D eigenvalue weighted by Crippen LogP contribution is 2.90. The van der Waals surface area contributed by atoms with Gasteiger partial charge in [0.1, 0.15) is 7.14 Å². The zero-order chi connectivity index (χ0) is 14.9. The molecule has 1 aromatic rings. The smallest absolute Gasteiger partial charge is 0.318 e. The molecule has 114 valence electrons. The summed E-state index contributed by atoms with van der Waals surface area (Å²) in [6, 6.07) is 5.14. The Hall–Kier alpha value is -0.760. The summed E-state index contributed by atoms with van der Waals surface area (Å²) in [5.74, 6) is 0.546. The Labute approximate surface area is 122 Å². The van der Waals surface area contributed by atoms with Gasteiger partial charge in [0.2, 0.25) is 0 Å². The largest absolute Gasteiger partial charge is 0.416 e. The normalized spacial score (nSPS) is 41.5. The lowest BCUT2D eigenvalue weighted by atomic mass is 9.82. The van der Waals surface area contributed by atoms with Crippen LogP contribution < -0.4 is 5.30 Å². The summed E-state index contributed by atoms with van der Waals surface area (Å²) in [6.07, 6.45) is 2.35. The third-order valence-electron chi connectivity index (χ3n) is 6.02. The van der Waals surface area contributed by atoms with Crippen LogP contribution in [0.2, 0.25) is 0 Å². The van der Waals surface area contributed by atoms with Crippen LogP contribution in [0.3, 0.4) is 0 Å². The highest BCUT2D eigenvalue weighted by Gasteiger charge is 2.79. The van der Waals surface area contributed by atoms with Crippen molar-refractivity contribution in [2.75, 3.05) is 0 Å². The van der Waals surface area contributed by atoms with Gasteiger partial charge in [-0.1, -0.05) is 25.0 Å². The first-order chi connectivity index (χ1) is 9.90. The molecule has 0 amide bonds. The number of benzene rings is 1. The summed E-state index contributed by atoms with van der Waals surface area (Å²) in [7, 11) is -2.47. The number of hydrogen-bond donors (Lipinski definition) is 0. The van der Waals surface area contributed by atoms with Gasteiger partial charge in [0, 0.05) is 16.1 Å². The van der Waals surface area contributed by atoms with Gasteiger partial charge in [0.15, 0.2) is 0 Å². The zero-order valence-corrected chi connectivity index (χ0v) is 12.6. The molecule has 2 aliphatic carbocycles. The summed E-state index contributed by atoms with van der Waals surface area (Å²) in [5.41, 5.74) is -0.394. The molecular weight excluding hydrogens is 296 g/mol. The molecule has 2 saturated carbocycles. The second-order valence-corrected chi connectivity index (χ2v) is 10.0. The minimum absolute atomic E-state index is 0.0367. The molecule has 3 aliphatic rings. The van der Waals surface area contributed by atoms with E-state index < -0.39 is 18.9 Å². The van der Waals surface area contributed by atoms with Crippen LogP contribution >= 0.6 is 7.14 Å². The fourth-order valence-corrected chi connectivity index (χ4v) is 10.2. The number of rotatable bonds is 1. The van der Waals surface area contributed by atoms with Gasteiger partial charge in [-0.25, -0.2) is 0 Å². The minimum atomic E-state index is -4.32. The van der Waals surface area contributed by atoms with Crippen molar-refractivity contribution in [2.24, 2.45) is 5.92 Å². The second kappa shape index (κ2) is 4.16. The van der Waals surface area contributed by atoms with Crippen LogP contribution in [0.15, 0.2) is 24.3 Å². The molecule has 0 N–H and O–H groups in total. The SMILES string of the molecule is O=P1(c2ccc(C(F)(F)F)cc2)C2CCC3CCCCC321. The lowest BCUT2D eigenvalue weighted by Crippen LogP contribution is -2.26. The molecule has 0 radical (unpaired) electrons. The van der Waals surface area contributed by atoms with Crippen molar-refractivity contribution in [1.29, 1.82) is 0 Å². The molecule has 5 heteroatoms. The summed E-state index contributed by atoms with van der Waals surface area (Å²) in [6.45, 7) is 0. The van der Waals surface area contributed by atoms with E-state index in [9.17, 15) is 17.7 Å². The van der Waals surface area contributed by atoms with Crippen molar-refractivity contribution in [3.05, 3.63) is 29.8 Å². The molecule has 4 atom stereocenters. The molecule has 21 heavy (non-hydrogen) atoms. The van der Waals surface area contributed by atoms with E-state index in [0.717, 1.165) is 44.2 Å². The van der Waals surface area contributed by atoms with E-state index >= 15 is 0 Å². The van der Waals surface area contributed by atoms with E-state index in [-0.39, 0.29) is 10.8 Å². The van der Waals surface area contributed by atoms with Crippen molar-refractivity contribution in [3.8, 4) is 0 Å². The van der Waals surface area contributed by atoms with Gasteiger partial charge >= 0.3 is 6.18 Å². The van der Waals surface area contributed by atoms with Gasteiger partial charge in [-0.2, -0.15) is 13.2 Å². The molecular formula is C16H18F3OP. The molecule has 0 aromatic heterocycles. The molecule has 1 heterocycles. The fourth-order valence-electron chi connectivity index (χ4n) is 5.15. The predicted octanol–water partition coefficient (Wildman–Crippen LogP) is 4.80. The number of halogens is 3. The van der Waals surface area contributed by atoms with Crippen molar-refractivity contribution in [1.82, 2.24) is 0 Å². The highest BCUT2D eigenvalue weighted by molar-refractivity contribution is 7.81. The van der Waals surface area contributed by atoms with Crippen LogP contribution in [0, 0.1) is 5.92 Å². The van der Waals surface area contributed by atoms with Gasteiger partial charge < -0.3 is 4.57 Å². The molecule has 3 fully saturated rings. The van der Waals surface area contributed by atoms with Gasteiger partial charge in [-0.15, -0.1) is 0 Å². The molecule has 0 bridgehead atoms. The van der Waals surface area contributed by atoms with Gasteiger partial charge in [0.05, 0.1) is 5.56 Å². The van der Waals surface area contributed by atoms with Crippen LogP contribution in [0.25, 0.3) is 0 Å². The molecule has 1 nitrogen and oxygen atoms in total. The first-order valence-electron chi connectivity index (χ1n) is 7.68. The van der Waals surface area contributed by atoms with E-state index in [1.165, 1.54) is 18.6 Å². The molecule has 1 saturated heterocycles. The Kier molecular flexibility index (Phi) is 2.75. The lowest BCUT2D eigenvalue weighted by Gasteiger charge is -2.29. The Balaban J connectivity index is 1.70. The lowest BCUT2D eigenvalue weighted by molar-refractivity contribution is -0.137. The first-order valence-corrected chi connectivity index (χ1v) is 9.46. The summed E-state index contributed by atoms with van der Waals surface area (Å²) < 4.78 is 51.5. The quantitative estimate of drug-likeness (QED) is 0.681. The van der Waals surface area contributed by atoms with Crippen molar-refractivity contribution in [3.63, 3.8) is 0 Å². The van der Waals surface area contributed by atoms with Crippen LogP contribution in [0.1, 0.15) is 44.1 Å². The van der Waals surface area contributed by atoms with Crippen LogP contribution in [0.4, 0.5) is 13.2 Å². The van der Waals surface area contributed by atoms with Crippen molar-refractivity contribution < 1.29 is 17.7 Å². The topological polar surface area (TPSA) is 17.1 Å². The standard InChI is InChI=1S/C16H18F3OP/c17-16(18,19)12-4-7-13(8-5-12)21(20)14-9-6-11-3-1-2-10-15(11,14)21/h4-5,7-8,11,14H,1-3,6,9-10H2. The molecule has 4 rings (SSSR count). The Bertz CT molecular complexity index is 621. The van der Waals surface area contributed by atoms with Gasteiger partial charge in [-0.3, -0.25) is 0 Å². The fraction of sp³-hybridized carbons (Fsp3) is 0.625. The Morgan fingerprint density at radius 3 is 2.43 bits per heavy atom. The predicted molar refractivity (Wildman–Crippen MR) is 76.4 cm³/mol. The monoisotopic (exact) mass is 314 g/mol. The Morgan fingerprint density at radius 2 is 1.76 bits per heavy atom. The van der Waals surface area contributed by atoms with Crippen molar-refractivity contribution >= 4 is 12.4 Å². The van der Waals surface area contributed by atoms with Crippen molar-refractivity contribution in [2.45, 2.75) is 55.5 Å². The maximum absolute atomic E-state index is 13.5. The average Bonchev–Trinajstić information content (AvgIpc) is 2.81. The van der Waals surface area contributed by atoms with Crippen LogP contribution in [-0.4, -0.2) is 10.8 Å². The van der Waals surface area contributed by atoms with E-state index in [2.05, 4.69) is 0 Å². The van der Waals surface area contributed by atoms with E-state index in [1.54, 1.807) is 0 Å². The maximum Gasteiger partial charge on any atom is 0.416 e. The third-order valence-corrected chi connectivity index (χ3v) is 10.5. The Morgan fingerprint density at radius 1 is 1.05 bits per heavy atom. The zero-order valence-electron chi connectivity index (χ0n) is 11.7. The molecule has 1 aromatic carbocycles. The summed E-state index contributed by atoms with van der Waals surface area (Å²) in [4.78, 5) is 0. The van der Waals surface area contributed by atoms with Crippen LogP contribution in [0.5, 0.6) is 0 Å². The molecule has 1 aliphatic heterocycles. The number of alkyl halides is 3. The average molecular weight is 314 g/mol. The summed E-state index contributed by atoms with van der Waals surface area (Å²) in [5, 5.41) is 0.650. The van der Waals surface area contributed by atoms with E-state index in [4.69, 9.17) is 0 Å². The first kappa shape index (κ1) is 13.9. The van der Waals surface area contributed by atoms with Gasteiger partial charge in [0.25, 0.3) is 0 Å². The van der Waals surface area contributed by atoms with E-state index in [0.29, 0.717) is 11.2 Å². The van der Waals surface area contributed by atoms with Crippen LogP contribution in [-0.2, 0) is 10.7 Å². The minimum Gasteiger partial charge on any atom is -0.318 e. The number of hydrogen-bond acceptors (Lipinski definition) is 1. The molecule has 1 spiro atoms. The maximum atomic E-state index is 13.5. The van der Waals surface area contributed by atoms with E-state index in [1.807, 2.05) is 0 Å². The highest BCUT2D eigenvalue weighted by atomic mass is 31.2. The second-order valence-electron chi connectivity index (χ2n) is 6.73. The molecule has 4 unspecified atom stereocenters. The summed E-state index contributed by atoms with van der Waals surface area (Å²) >= 11 is 0. The third kappa shape index (κ3) is 1.63.